The molecule has 0 saturated carbocycles. The van der Waals surface area contributed by atoms with E-state index in [0.717, 1.165) is 16.8 Å². The zero-order valence-electron chi connectivity index (χ0n) is 18.1. The summed E-state index contributed by atoms with van der Waals surface area (Å²) in [5.41, 5.74) is -1.13. The number of carbonyl (C=O) groups excluding carboxylic acids is 2. The molecule has 2 amide bonds. The second kappa shape index (κ2) is 9.27. The second-order valence-electron chi connectivity index (χ2n) is 7.36. The molecule has 3 rings (SSSR count). The number of halogens is 3. The summed E-state index contributed by atoms with van der Waals surface area (Å²) in [5, 5.41) is 6.49. The van der Waals surface area contributed by atoms with Crippen molar-refractivity contribution in [3.63, 3.8) is 0 Å². The molecule has 0 unspecified atom stereocenters. The van der Waals surface area contributed by atoms with Gasteiger partial charge in [0.05, 0.1) is 11.3 Å². The fourth-order valence-corrected chi connectivity index (χ4v) is 3.27. The molecule has 33 heavy (non-hydrogen) atoms. The number of hydrogen-bond donors (Lipinski definition) is 1. The quantitative estimate of drug-likeness (QED) is 0.637. The summed E-state index contributed by atoms with van der Waals surface area (Å²) in [5.74, 6) is -0.997. The Bertz CT molecular complexity index is 1250. The molecule has 0 atom stereocenters. The van der Waals surface area contributed by atoms with Gasteiger partial charge in [0, 0.05) is 38.0 Å². The van der Waals surface area contributed by atoms with Crippen LogP contribution in [0.3, 0.4) is 0 Å². The summed E-state index contributed by atoms with van der Waals surface area (Å²) < 4.78 is 41.4. The molecular formula is C23H21F3N4O3. The van der Waals surface area contributed by atoms with Crippen molar-refractivity contribution < 1.29 is 22.8 Å². The molecular weight excluding hydrogens is 437 g/mol. The highest BCUT2D eigenvalue weighted by Crippen LogP contribution is 2.33. The Kier molecular flexibility index (Phi) is 6.66. The molecule has 1 aromatic heterocycles. The van der Waals surface area contributed by atoms with Crippen LogP contribution in [-0.4, -0.2) is 40.6 Å². The zero-order chi connectivity index (χ0) is 24.3. The number of aryl methyl sites for hydroxylation is 1. The monoisotopic (exact) mass is 458 g/mol. The highest BCUT2D eigenvalue weighted by molar-refractivity contribution is 5.94. The van der Waals surface area contributed by atoms with Gasteiger partial charge < -0.3 is 10.2 Å². The van der Waals surface area contributed by atoms with Gasteiger partial charge in [0.2, 0.25) is 5.43 Å². The van der Waals surface area contributed by atoms with Gasteiger partial charge in [0.15, 0.2) is 5.69 Å². The lowest BCUT2D eigenvalue weighted by atomic mass is 10.1. The Labute approximate surface area is 187 Å². The molecule has 0 aliphatic heterocycles. The van der Waals surface area contributed by atoms with Crippen molar-refractivity contribution in [3.8, 4) is 5.69 Å². The van der Waals surface area contributed by atoms with Crippen LogP contribution in [0.2, 0.25) is 0 Å². The van der Waals surface area contributed by atoms with E-state index in [1.165, 1.54) is 44.1 Å². The summed E-state index contributed by atoms with van der Waals surface area (Å²) in [6, 6.07) is 12.4. The van der Waals surface area contributed by atoms with Crippen LogP contribution in [0.4, 0.5) is 13.2 Å². The zero-order valence-corrected chi connectivity index (χ0v) is 18.1. The lowest BCUT2D eigenvalue weighted by Gasteiger charge is -2.19. The van der Waals surface area contributed by atoms with E-state index < -0.39 is 28.8 Å². The number of nitrogens with one attached hydrogen (secondary N) is 1. The van der Waals surface area contributed by atoms with Crippen LogP contribution < -0.4 is 10.7 Å². The summed E-state index contributed by atoms with van der Waals surface area (Å²) in [7, 11) is 2.96. The van der Waals surface area contributed by atoms with E-state index in [4.69, 9.17) is 0 Å². The third kappa shape index (κ3) is 5.11. The molecule has 7 nitrogen and oxygen atoms in total. The Hall–Kier alpha value is -3.95. The number of carbonyl (C=O) groups is 2. The van der Waals surface area contributed by atoms with E-state index in [1.807, 2.05) is 0 Å². The third-order valence-electron chi connectivity index (χ3n) is 4.96. The van der Waals surface area contributed by atoms with E-state index >= 15 is 0 Å². The van der Waals surface area contributed by atoms with Gasteiger partial charge in [-0.25, -0.2) is 4.68 Å². The Morgan fingerprint density at radius 2 is 1.73 bits per heavy atom. The van der Waals surface area contributed by atoms with E-state index in [0.29, 0.717) is 11.1 Å². The smallest absolute Gasteiger partial charge is 0.355 e. The van der Waals surface area contributed by atoms with Crippen molar-refractivity contribution in [2.75, 3.05) is 14.1 Å². The van der Waals surface area contributed by atoms with Gasteiger partial charge in [-0.3, -0.25) is 14.4 Å². The predicted octanol–water partition coefficient (Wildman–Crippen LogP) is 3.19. The van der Waals surface area contributed by atoms with Gasteiger partial charge in [-0.1, -0.05) is 24.3 Å². The maximum Gasteiger partial charge on any atom is 0.418 e. The Morgan fingerprint density at radius 3 is 2.33 bits per heavy atom. The van der Waals surface area contributed by atoms with E-state index in [9.17, 15) is 27.6 Å². The molecule has 0 aliphatic carbocycles. The SMILES string of the molecule is CNC(=O)c1ccc(CN(C)C(=O)c2nn(-c3ccccc3C(F)(F)F)c(C)cc2=O)cc1. The standard InChI is InChI=1S/C23H21F3N4O3/c1-14-12-19(31)20(28-30(14)18-7-5-4-6-17(18)23(24,25)26)22(33)29(3)13-15-8-10-16(11-9-15)21(32)27-2/h4-12H,13H2,1-3H3,(H,27,32). The van der Waals surface area contributed by atoms with Crippen LogP contribution in [-0.2, 0) is 12.7 Å². The third-order valence-corrected chi connectivity index (χ3v) is 4.96. The van der Waals surface area contributed by atoms with Gasteiger partial charge in [0.25, 0.3) is 11.8 Å². The van der Waals surface area contributed by atoms with Gasteiger partial charge in [0.1, 0.15) is 0 Å². The minimum absolute atomic E-state index is 0.0982. The first-order valence-corrected chi connectivity index (χ1v) is 9.87. The number of benzene rings is 2. The predicted molar refractivity (Wildman–Crippen MR) is 115 cm³/mol. The number of amides is 2. The molecule has 0 aliphatic rings. The largest absolute Gasteiger partial charge is 0.418 e. The highest BCUT2D eigenvalue weighted by Gasteiger charge is 2.34. The van der Waals surface area contributed by atoms with Crippen molar-refractivity contribution >= 4 is 11.8 Å². The molecule has 0 spiro atoms. The fraction of sp³-hybridized carbons (Fsp3) is 0.217. The van der Waals surface area contributed by atoms with Crippen molar-refractivity contribution in [1.29, 1.82) is 0 Å². The molecule has 0 fully saturated rings. The number of nitrogens with zero attached hydrogens (tertiary/aromatic N) is 3. The lowest BCUT2D eigenvalue weighted by molar-refractivity contribution is -0.137. The molecule has 172 valence electrons. The molecule has 0 radical (unpaired) electrons. The number of rotatable bonds is 5. The minimum Gasteiger partial charge on any atom is -0.355 e. The van der Waals surface area contributed by atoms with Gasteiger partial charge in [-0.15, -0.1) is 0 Å². The average molecular weight is 458 g/mol. The number of hydrogen-bond acceptors (Lipinski definition) is 4. The first-order chi connectivity index (χ1) is 15.5. The van der Waals surface area contributed by atoms with E-state index in [1.54, 1.807) is 24.3 Å². The number of aromatic nitrogens is 2. The topological polar surface area (TPSA) is 84.3 Å². The molecule has 0 saturated heterocycles. The van der Waals surface area contributed by atoms with Crippen LogP contribution >= 0.6 is 0 Å². The van der Waals surface area contributed by atoms with Crippen molar-refractivity contribution in [3.05, 3.63) is 92.9 Å². The highest BCUT2D eigenvalue weighted by atomic mass is 19.4. The van der Waals surface area contributed by atoms with E-state index in [2.05, 4.69) is 10.4 Å². The van der Waals surface area contributed by atoms with Crippen LogP contribution in [0.15, 0.2) is 59.4 Å². The number of alkyl halides is 3. The van der Waals surface area contributed by atoms with E-state index in [-0.39, 0.29) is 23.8 Å². The molecule has 3 aromatic rings. The summed E-state index contributed by atoms with van der Waals surface area (Å²) in [6.07, 6.45) is -4.64. The summed E-state index contributed by atoms with van der Waals surface area (Å²) in [6.45, 7) is 1.54. The Morgan fingerprint density at radius 1 is 1.09 bits per heavy atom. The van der Waals surface area contributed by atoms with Gasteiger partial charge >= 0.3 is 6.18 Å². The van der Waals surface area contributed by atoms with Crippen LogP contribution in [0.25, 0.3) is 5.69 Å². The molecule has 10 heteroatoms. The molecule has 2 aromatic carbocycles. The van der Waals surface area contributed by atoms with Crippen molar-refractivity contribution in [2.24, 2.45) is 0 Å². The fourth-order valence-electron chi connectivity index (χ4n) is 3.27. The maximum atomic E-state index is 13.5. The van der Waals surface area contributed by atoms with Crippen LogP contribution in [0, 0.1) is 6.92 Å². The van der Waals surface area contributed by atoms with Crippen molar-refractivity contribution in [2.45, 2.75) is 19.6 Å². The molecule has 0 bridgehead atoms. The van der Waals surface area contributed by atoms with Gasteiger partial charge in [-0.05, 0) is 36.8 Å². The van der Waals surface area contributed by atoms with Crippen LogP contribution in [0.1, 0.15) is 37.7 Å². The first-order valence-electron chi connectivity index (χ1n) is 9.87. The first kappa shape index (κ1) is 23.7. The van der Waals surface area contributed by atoms with Crippen LogP contribution in [0.5, 0.6) is 0 Å². The normalized spacial score (nSPS) is 11.2. The van der Waals surface area contributed by atoms with Crippen molar-refractivity contribution in [1.82, 2.24) is 20.0 Å². The second-order valence-corrected chi connectivity index (χ2v) is 7.36. The summed E-state index contributed by atoms with van der Waals surface area (Å²) >= 11 is 0. The Balaban J connectivity index is 1.93. The van der Waals surface area contributed by atoms with Gasteiger partial charge in [-0.2, -0.15) is 18.3 Å². The minimum atomic E-state index is -4.64. The lowest BCUT2D eigenvalue weighted by Crippen LogP contribution is -2.33. The molecule has 1 heterocycles. The maximum absolute atomic E-state index is 13.5. The molecule has 1 N–H and O–H groups in total. The summed E-state index contributed by atoms with van der Waals surface area (Å²) in [4.78, 5) is 38.3. The average Bonchev–Trinajstić information content (AvgIpc) is 2.78. The number of para-hydroxylation sites is 1.